The van der Waals surface area contributed by atoms with Crippen LogP contribution in [0.4, 0.5) is 17.6 Å². The van der Waals surface area contributed by atoms with Crippen LogP contribution in [-0.2, 0) is 25.4 Å². The lowest BCUT2D eigenvalue weighted by Crippen LogP contribution is -2.13. The highest BCUT2D eigenvalue weighted by Crippen LogP contribution is 2.36. The monoisotopic (exact) mass is 488 g/mol. The van der Waals surface area contributed by atoms with Crippen LogP contribution in [0.15, 0.2) is 91.0 Å². The van der Waals surface area contributed by atoms with E-state index in [-0.39, 0.29) is 17.5 Å². The quantitative estimate of drug-likeness (QED) is 0.227. The van der Waals surface area contributed by atoms with E-state index in [0.29, 0.717) is 6.42 Å². The first-order chi connectivity index (χ1) is 17.3. The van der Waals surface area contributed by atoms with Crippen molar-refractivity contribution in [1.82, 2.24) is 0 Å². The largest absolute Gasteiger partial charge is 0.419 e. The third-order valence-corrected chi connectivity index (χ3v) is 6.43. The molecule has 0 heterocycles. The zero-order valence-corrected chi connectivity index (χ0v) is 20.4. The molecule has 0 amide bonds. The van der Waals surface area contributed by atoms with Crippen molar-refractivity contribution in [2.45, 2.75) is 39.3 Å². The lowest BCUT2D eigenvalue weighted by Gasteiger charge is -2.15. The SMILES string of the molecule is CC=Cc1ccc(CCc2ccc(-c3ccc(-c4ccc(CC)cc4)cc3)cc2)c(F)c1C(F)(F)F. The zero-order valence-electron chi connectivity index (χ0n) is 20.4. The van der Waals surface area contributed by atoms with Crippen molar-refractivity contribution in [2.24, 2.45) is 0 Å². The van der Waals surface area contributed by atoms with Gasteiger partial charge in [-0.25, -0.2) is 4.39 Å². The van der Waals surface area contributed by atoms with Gasteiger partial charge in [0.25, 0.3) is 0 Å². The predicted octanol–water partition coefficient (Wildman–Crippen LogP) is 9.56. The summed E-state index contributed by atoms with van der Waals surface area (Å²) < 4.78 is 55.2. The van der Waals surface area contributed by atoms with Gasteiger partial charge in [-0.15, -0.1) is 0 Å². The molecular weight excluding hydrogens is 460 g/mol. The number of rotatable bonds is 7. The Morgan fingerprint density at radius 1 is 0.639 bits per heavy atom. The number of aryl methyl sites for hydroxylation is 3. The molecule has 0 aliphatic heterocycles. The van der Waals surface area contributed by atoms with Crippen molar-refractivity contribution < 1.29 is 17.6 Å². The van der Waals surface area contributed by atoms with Crippen molar-refractivity contribution in [3.05, 3.63) is 125 Å². The minimum atomic E-state index is -4.74. The van der Waals surface area contributed by atoms with Crippen molar-refractivity contribution in [3.63, 3.8) is 0 Å². The third kappa shape index (κ3) is 5.76. The van der Waals surface area contributed by atoms with Gasteiger partial charge < -0.3 is 0 Å². The van der Waals surface area contributed by atoms with E-state index in [2.05, 4.69) is 55.5 Å². The average Bonchev–Trinajstić information content (AvgIpc) is 2.88. The van der Waals surface area contributed by atoms with Gasteiger partial charge >= 0.3 is 6.18 Å². The summed E-state index contributed by atoms with van der Waals surface area (Å²) in [5.41, 5.74) is 5.43. The van der Waals surface area contributed by atoms with E-state index in [9.17, 15) is 17.6 Å². The van der Waals surface area contributed by atoms with E-state index in [4.69, 9.17) is 0 Å². The molecule has 0 atom stereocenters. The summed E-state index contributed by atoms with van der Waals surface area (Å²) in [5.74, 6) is -1.18. The molecule has 0 fully saturated rings. The van der Waals surface area contributed by atoms with E-state index in [1.807, 2.05) is 24.3 Å². The maximum atomic E-state index is 14.8. The third-order valence-electron chi connectivity index (χ3n) is 6.43. The summed E-state index contributed by atoms with van der Waals surface area (Å²) in [7, 11) is 0. The van der Waals surface area contributed by atoms with Crippen LogP contribution in [0.2, 0.25) is 0 Å². The summed E-state index contributed by atoms with van der Waals surface area (Å²) in [6.07, 6.45) is -0.335. The molecule has 0 spiro atoms. The first kappa shape index (κ1) is 25.4. The molecule has 0 saturated heterocycles. The molecule has 0 aliphatic rings. The fourth-order valence-electron chi connectivity index (χ4n) is 4.36. The maximum absolute atomic E-state index is 14.8. The molecule has 0 N–H and O–H groups in total. The van der Waals surface area contributed by atoms with Crippen molar-refractivity contribution in [2.75, 3.05) is 0 Å². The van der Waals surface area contributed by atoms with Gasteiger partial charge in [-0.3, -0.25) is 0 Å². The lowest BCUT2D eigenvalue weighted by atomic mass is 9.96. The molecule has 4 aromatic carbocycles. The number of allylic oxidation sites excluding steroid dienone is 1. The second-order valence-corrected chi connectivity index (χ2v) is 8.83. The van der Waals surface area contributed by atoms with Gasteiger partial charge in [-0.2, -0.15) is 13.2 Å². The fraction of sp³-hybridized carbons (Fsp3) is 0.188. The number of halogens is 4. The molecular formula is C32H28F4. The Labute approximate surface area is 209 Å². The zero-order chi connectivity index (χ0) is 25.7. The van der Waals surface area contributed by atoms with Gasteiger partial charge in [-0.1, -0.05) is 104 Å². The summed E-state index contributed by atoms with van der Waals surface area (Å²) in [6, 6.07) is 27.6. The number of hydrogen-bond acceptors (Lipinski definition) is 0. The smallest absolute Gasteiger partial charge is 0.206 e. The Hall–Kier alpha value is -3.66. The molecule has 0 aromatic heterocycles. The van der Waals surface area contributed by atoms with Gasteiger partial charge in [0.05, 0.1) is 5.56 Å². The summed E-state index contributed by atoms with van der Waals surface area (Å²) in [6.45, 7) is 3.74. The van der Waals surface area contributed by atoms with Crippen LogP contribution < -0.4 is 0 Å². The molecule has 4 aromatic rings. The topological polar surface area (TPSA) is 0 Å². The summed E-state index contributed by atoms with van der Waals surface area (Å²) in [4.78, 5) is 0. The van der Waals surface area contributed by atoms with Crippen LogP contribution in [0, 0.1) is 5.82 Å². The predicted molar refractivity (Wildman–Crippen MR) is 140 cm³/mol. The van der Waals surface area contributed by atoms with Crippen LogP contribution in [0.1, 0.15) is 41.7 Å². The van der Waals surface area contributed by atoms with E-state index in [0.717, 1.165) is 28.7 Å². The normalized spacial score (nSPS) is 11.8. The molecule has 0 aliphatic carbocycles. The second-order valence-electron chi connectivity index (χ2n) is 8.83. The minimum Gasteiger partial charge on any atom is -0.206 e. The fourth-order valence-corrected chi connectivity index (χ4v) is 4.36. The molecule has 4 heteroatoms. The van der Waals surface area contributed by atoms with Crippen LogP contribution in [-0.4, -0.2) is 0 Å². The Bertz CT molecular complexity index is 1330. The number of alkyl halides is 3. The van der Waals surface area contributed by atoms with Crippen LogP contribution in [0.5, 0.6) is 0 Å². The molecule has 36 heavy (non-hydrogen) atoms. The Kier molecular flexibility index (Phi) is 7.73. The molecule has 0 radical (unpaired) electrons. The van der Waals surface area contributed by atoms with Gasteiger partial charge in [0.2, 0.25) is 0 Å². The molecule has 0 bridgehead atoms. The first-order valence-corrected chi connectivity index (χ1v) is 12.1. The van der Waals surface area contributed by atoms with Crippen molar-refractivity contribution in [1.29, 1.82) is 0 Å². The van der Waals surface area contributed by atoms with Gasteiger partial charge in [-0.05, 0) is 70.7 Å². The van der Waals surface area contributed by atoms with Crippen molar-refractivity contribution >= 4 is 6.08 Å². The number of benzene rings is 4. The number of hydrogen-bond donors (Lipinski definition) is 0. The second kappa shape index (κ2) is 10.9. The maximum Gasteiger partial charge on any atom is 0.419 e. The highest BCUT2D eigenvalue weighted by Gasteiger charge is 2.37. The van der Waals surface area contributed by atoms with E-state index in [1.165, 1.54) is 35.4 Å². The van der Waals surface area contributed by atoms with Crippen LogP contribution in [0.3, 0.4) is 0 Å². The van der Waals surface area contributed by atoms with Gasteiger partial charge in [0.15, 0.2) is 0 Å². The van der Waals surface area contributed by atoms with Gasteiger partial charge in [0, 0.05) is 0 Å². The first-order valence-electron chi connectivity index (χ1n) is 12.1. The molecule has 0 unspecified atom stereocenters. The molecule has 0 saturated carbocycles. The van der Waals surface area contributed by atoms with Crippen LogP contribution in [0.25, 0.3) is 28.3 Å². The standard InChI is InChI=1S/C32H28F4/c1-3-5-28-20-21-29(31(33)30(28)32(34,35)36)15-10-23-8-13-25(14-9-23)27-18-16-26(17-19-27)24-11-6-22(4-2)7-12-24/h3,5-9,11-14,16-21H,4,10,15H2,1-2H3. The van der Waals surface area contributed by atoms with Crippen LogP contribution >= 0.6 is 0 Å². The Morgan fingerprint density at radius 3 is 1.56 bits per heavy atom. The average molecular weight is 489 g/mol. The van der Waals surface area contributed by atoms with Crippen molar-refractivity contribution in [3.8, 4) is 22.3 Å². The highest BCUT2D eigenvalue weighted by molar-refractivity contribution is 5.70. The summed E-state index contributed by atoms with van der Waals surface area (Å²) in [5, 5.41) is 0. The van der Waals surface area contributed by atoms with E-state index in [1.54, 1.807) is 6.92 Å². The van der Waals surface area contributed by atoms with Gasteiger partial charge in [0.1, 0.15) is 5.82 Å². The molecule has 4 rings (SSSR count). The Balaban J connectivity index is 1.46. The molecule has 184 valence electrons. The lowest BCUT2D eigenvalue weighted by molar-refractivity contribution is -0.140. The highest BCUT2D eigenvalue weighted by atomic mass is 19.4. The van der Waals surface area contributed by atoms with E-state index < -0.39 is 17.6 Å². The summed E-state index contributed by atoms with van der Waals surface area (Å²) >= 11 is 0. The minimum absolute atomic E-state index is 0.0715. The molecule has 0 nitrogen and oxygen atoms in total. The Morgan fingerprint density at radius 2 is 1.11 bits per heavy atom. The van der Waals surface area contributed by atoms with E-state index >= 15 is 0 Å².